The standard InChI is InChI=1S/C21H18Br2N2O3Te/c1-15-3-12-20(24-14-16-4-6-17(7-5-16)25(26)27)21(13-15)29(22,23)19-10-8-18(28-2)9-11-19/h3-14H,1-2H3. The number of aryl methyl sites for hydroxylation is 1. The van der Waals surface area contributed by atoms with Crippen molar-refractivity contribution < 1.29 is 9.66 Å². The van der Waals surface area contributed by atoms with Gasteiger partial charge < -0.3 is 0 Å². The van der Waals surface area contributed by atoms with Crippen LogP contribution in [-0.2, 0) is 0 Å². The molecule has 0 aliphatic rings. The van der Waals surface area contributed by atoms with Crippen LogP contribution in [-0.4, -0.2) is 32.0 Å². The number of aliphatic imine (C=N–C) groups is 1. The van der Waals surface area contributed by atoms with Gasteiger partial charge in [-0.3, -0.25) is 0 Å². The number of nitro benzene ring substituents is 1. The van der Waals surface area contributed by atoms with E-state index in [0.717, 1.165) is 26.2 Å². The summed E-state index contributed by atoms with van der Waals surface area (Å²) in [4.78, 5) is 15.1. The first kappa shape index (κ1) is 22.0. The summed E-state index contributed by atoms with van der Waals surface area (Å²) in [7, 11) is 1.65. The minimum absolute atomic E-state index is 0.0627. The third-order valence-electron chi connectivity index (χ3n) is 4.20. The van der Waals surface area contributed by atoms with Crippen LogP contribution in [0.15, 0.2) is 71.7 Å². The molecule has 0 spiro atoms. The first-order valence-electron chi connectivity index (χ1n) is 8.57. The van der Waals surface area contributed by atoms with Gasteiger partial charge in [0, 0.05) is 0 Å². The van der Waals surface area contributed by atoms with Gasteiger partial charge in [0.1, 0.15) is 0 Å². The molecule has 0 fully saturated rings. The molecule has 0 aromatic heterocycles. The Hall–Kier alpha value is -1.72. The van der Waals surface area contributed by atoms with Crippen LogP contribution in [0.3, 0.4) is 0 Å². The molecular formula is C21H18Br2N2O3Te. The second kappa shape index (κ2) is 9.40. The van der Waals surface area contributed by atoms with Crippen molar-refractivity contribution in [3.05, 3.63) is 88.0 Å². The van der Waals surface area contributed by atoms with E-state index in [1.54, 1.807) is 25.5 Å². The van der Waals surface area contributed by atoms with Crippen molar-refractivity contribution in [3.8, 4) is 5.75 Å². The molecule has 0 saturated carbocycles. The monoisotopic (exact) mass is 634 g/mol. The van der Waals surface area contributed by atoms with Crippen LogP contribution in [0.2, 0.25) is 0 Å². The molecule has 0 saturated heterocycles. The number of benzene rings is 3. The van der Waals surface area contributed by atoms with E-state index < -0.39 is 18.7 Å². The fourth-order valence-corrected chi connectivity index (χ4v) is 13.1. The van der Waals surface area contributed by atoms with Crippen LogP contribution < -0.4 is 12.0 Å². The predicted octanol–water partition coefficient (Wildman–Crippen LogP) is 5.01. The van der Waals surface area contributed by atoms with E-state index in [2.05, 4.69) is 55.6 Å². The van der Waals surface area contributed by atoms with Gasteiger partial charge in [0.2, 0.25) is 0 Å². The zero-order valence-electron chi connectivity index (χ0n) is 15.7. The van der Waals surface area contributed by atoms with Crippen LogP contribution >= 0.6 is 25.5 Å². The van der Waals surface area contributed by atoms with Crippen molar-refractivity contribution in [3.63, 3.8) is 0 Å². The molecule has 3 aromatic carbocycles. The van der Waals surface area contributed by atoms with Gasteiger partial charge in [-0.1, -0.05) is 0 Å². The Labute approximate surface area is 185 Å². The summed E-state index contributed by atoms with van der Waals surface area (Å²) in [6.07, 6.45) is 1.73. The summed E-state index contributed by atoms with van der Waals surface area (Å²) in [6.45, 7) is 2.06. The Balaban J connectivity index is 1.97. The van der Waals surface area contributed by atoms with Gasteiger partial charge in [-0.2, -0.15) is 0 Å². The second-order valence-corrected chi connectivity index (χ2v) is 30.4. The van der Waals surface area contributed by atoms with Gasteiger partial charge in [-0.25, -0.2) is 0 Å². The molecule has 5 nitrogen and oxygen atoms in total. The second-order valence-electron chi connectivity index (χ2n) is 6.22. The van der Waals surface area contributed by atoms with Gasteiger partial charge in [0.15, 0.2) is 0 Å². The van der Waals surface area contributed by atoms with E-state index in [1.807, 2.05) is 24.3 Å². The van der Waals surface area contributed by atoms with Gasteiger partial charge in [0.05, 0.1) is 0 Å². The van der Waals surface area contributed by atoms with Crippen LogP contribution in [0.4, 0.5) is 11.4 Å². The van der Waals surface area contributed by atoms with Crippen molar-refractivity contribution in [1.29, 1.82) is 0 Å². The zero-order chi connectivity index (χ0) is 21.0. The van der Waals surface area contributed by atoms with E-state index in [0.29, 0.717) is 0 Å². The van der Waals surface area contributed by atoms with E-state index in [9.17, 15) is 10.1 Å². The summed E-state index contributed by atoms with van der Waals surface area (Å²) in [5.74, 6) is 0.813. The Kier molecular flexibility index (Phi) is 7.12. The molecule has 0 aliphatic carbocycles. The SMILES string of the molecule is COc1ccc([Te](Br)(Br)c2cc(C)ccc2N=Cc2ccc([N+](=O)[O-])cc2)cc1. The topological polar surface area (TPSA) is 64.7 Å². The van der Waals surface area contributed by atoms with Gasteiger partial charge in [-0.05, 0) is 0 Å². The van der Waals surface area contributed by atoms with Crippen molar-refractivity contribution in [2.45, 2.75) is 6.92 Å². The van der Waals surface area contributed by atoms with Gasteiger partial charge >= 0.3 is 186 Å². The van der Waals surface area contributed by atoms with Crippen molar-refractivity contribution >= 4 is 64.1 Å². The number of halogens is 2. The van der Waals surface area contributed by atoms with E-state index >= 15 is 0 Å². The van der Waals surface area contributed by atoms with E-state index in [4.69, 9.17) is 4.74 Å². The first-order valence-corrected chi connectivity index (χ1v) is 21.3. The maximum absolute atomic E-state index is 10.8. The number of hydrogen-bond donors (Lipinski definition) is 0. The molecule has 0 heterocycles. The molecule has 8 heteroatoms. The Morgan fingerprint density at radius 1 is 1.03 bits per heavy atom. The molecule has 0 unspecified atom stereocenters. The molecule has 0 atom stereocenters. The molecule has 150 valence electrons. The van der Waals surface area contributed by atoms with E-state index in [1.165, 1.54) is 15.7 Å². The third-order valence-corrected chi connectivity index (χ3v) is 18.9. The normalized spacial score (nSPS) is 12.1. The molecule has 3 aromatic rings. The summed E-state index contributed by atoms with van der Waals surface area (Å²) < 4.78 is 7.59. The molecule has 0 bridgehead atoms. The number of non-ortho nitro benzene ring substituents is 1. The summed E-state index contributed by atoms with van der Waals surface area (Å²) in [5.41, 5.74) is 2.87. The summed E-state index contributed by atoms with van der Waals surface area (Å²) in [5, 5.41) is 10.8. The average molecular weight is 634 g/mol. The number of ether oxygens (including phenoxy) is 1. The quantitative estimate of drug-likeness (QED) is 0.166. The number of nitro groups is 1. The number of rotatable bonds is 6. The minimum atomic E-state index is -3.00. The van der Waals surface area contributed by atoms with Crippen molar-refractivity contribution in [2.24, 2.45) is 4.99 Å². The fraction of sp³-hybridized carbons (Fsp3) is 0.0952. The molecule has 0 aliphatic heterocycles. The Morgan fingerprint density at radius 2 is 1.69 bits per heavy atom. The molecule has 29 heavy (non-hydrogen) atoms. The molecule has 0 N–H and O–H groups in total. The predicted molar refractivity (Wildman–Crippen MR) is 127 cm³/mol. The number of methoxy groups -OCH3 is 1. The van der Waals surface area contributed by atoms with E-state index in [-0.39, 0.29) is 5.69 Å². The summed E-state index contributed by atoms with van der Waals surface area (Å²) in [6, 6.07) is 20.5. The fourth-order valence-electron chi connectivity index (χ4n) is 2.63. The number of hydrogen-bond acceptors (Lipinski definition) is 4. The van der Waals surface area contributed by atoms with Gasteiger partial charge in [0.25, 0.3) is 0 Å². The van der Waals surface area contributed by atoms with Crippen LogP contribution in [0.1, 0.15) is 11.1 Å². The van der Waals surface area contributed by atoms with Crippen LogP contribution in [0.5, 0.6) is 5.75 Å². The molecule has 3 rings (SSSR count). The average Bonchev–Trinajstić information content (AvgIpc) is 2.73. The number of nitrogens with zero attached hydrogens (tertiary/aromatic N) is 2. The van der Waals surface area contributed by atoms with Gasteiger partial charge in [-0.15, -0.1) is 0 Å². The Morgan fingerprint density at radius 3 is 2.28 bits per heavy atom. The first-order chi connectivity index (χ1) is 13.8. The molecule has 0 radical (unpaired) electrons. The molecule has 0 amide bonds. The maximum atomic E-state index is 10.8. The molecular weight excluding hydrogens is 616 g/mol. The Bertz CT molecular complexity index is 1050. The zero-order valence-corrected chi connectivity index (χ0v) is 21.2. The van der Waals surface area contributed by atoms with Crippen molar-refractivity contribution in [1.82, 2.24) is 0 Å². The third kappa shape index (κ3) is 5.26. The van der Waals surface area contributed by atoms with Crippen molar-refractivity contribution in [2.75, 3.05) is 7.11 Å². The van der Waals surface area contributed by atoms with Crippen LogP contribution in [0.25, 0.3) is 0 Å². The van der Waals surface area contributed by atoms with Crippen LogP contribution in [0, 0.1) is 17.0 Å². The summed E-state index contributed by atoms with van der Waals surface area (Å²) >= 11 is 5.00.